The maximum atomic E-state index is 10.7. The van der Waals surface area contributed by atoms with Crippen LogP contribution in [-0.2, 0) is 5.60 Å². The molecular formula is C13H20OS. The molecule has 0 radical (unpaired) electrons. The van der Waals surface area contributed by atoms with Crippen LogP contribution < -0.4 is 0 Å². The zero-order valence-electron chi connectivity index (χ0n) is 9.84. The Morgan fingerprint density at radius 2 is 1.80 bits per heavy atom. The highest BCUT2D eigenvalue weighted by atomic mass is 32.1. The van der Waals surface area contributed by atoms with E-state index in [1.807, 2.05) is 0 Å². The number of aryl methyl sites for hydroxylation is 1. The summed E-state index contributed by atoms with van der Waals surface area (Å²) in [6, 6.07) is 2.11. The minimum Gasteiger partial charge on any atom is -0.384 e. The van der Waals surface area contributed by atoms with Crippen LogP contribution in [0.1, 0.15) is 50.0 Å². The Bertz CT molecular complexity index is 341. The first-order valence-corrected chi connectivity index (χ1v) is 6.58. The summed E-state index contributed by atoms with van der Waals surface area (Å²) in [5.41, 5.74) is 1.13. The first-order valence-electron chi connectivity index (χ1n) is 5.70. The molecule has 1 aromatic rings. The molecular weight excluding hydrogens is 204 g/mol. The van der Waals surface area contributed by atoms with Crippen LogP contribution >= 0.6 is 11.3 Å². The summed E-state index contributed by atoms with van der Waals surface area (Å²) in [6.07, 6.45) is 4.09. The summed E-state index contributed by atoms with van der Waals surface area (Å²) in [4.78, 5) is 1.19. The van der Waals surface area contributed by atoms with Gasteiger partial charge in [0.2, 0.25) is 0 Å². The van der Waals surface area contributed by atoms with Gasteiger partial charge in [0.05, 0.1) is 5.60 Å². The summed E-state index contributed by atoms with van der Waals surface area (Å²) >= 11 is 1.71. The molecule has 15 heavy (non-hydrogen) atoms. The average Bonchev–Trinajstić information content (AvgIpc) is 2.58. The molecule has 1 fully saturated rings. The van der Waals surface area contributed by atoms with Gasteiger partial charge in [-0.1, -0.05) is 13.8 Å². The minimum absolute atomic E-state index is 0.414. The van der Waals surface area contributed by atoms with Gasteiger partial charge in [-0.2, -0.15) is 0 Å². The molecule has 1 saturated carbocycles. The monoisotopic (exact) mass is 224 g/mol. The van der Waals surface area contributed by atoms with Gasteiger partial charge in [0, 0.05) is 4.88 Å². The summed E-state index contributed by atoms with van der Waals surface area (Å²) in [5, 5.41) is 12.7. The average molecular weight is 224 g/mol. The molecule has 1 aliphatic rings. The van der Waals surface area contributed by atoms with Gasteiger partial charge in [-0.05, 0) is 55.0 Å². The number of hydrogen-bond donors (Lipinski definition) is 1. The first kappa shape index (κ1) is 11.2. The van der Waals surface area contributed by atoms with Crippen LogP contribution in [0.15, 0.2) is 11.4 Å². The van der Waals surface area contributed by atoms with Crippen molar-refractivity contribution in [3.63, 3.8) is 0 Å². The lowest BCUT2D eigenvalue weighted by atomic mass is 9.70. The van der Waals surface area contributed by atoms with E-state index in [2.05, 4.69) is 32.2 Å². The van der Waals surface area contributed by atoms with Crippen LogP contribution in [0.5, 0.6) is 0 Å². The van der Waals surface area contributed by atoms with Crippen molar-refractivity contribution in [1.82, 2.24) is 0 Å². The highest BCUT2D eigenvalue weighted by Crippen LogP contribution is 2.47. The Morgan fingerprint density at radius 3 is 2.27 bits per heavy atom. The molecule has 1 aliphatic carbocycles. The predicted molar refractivity (Wildman–Crippen MR) is 65.2 cm³/mol. The molecule has 1 N–H and O–H groups in total. The van der Waals surface area contributed by atoms with Gasteiger partial charge in [0.1, 0.15) is 0 Å². The molecule has 0 aromatic carbocycles. The standard InChI is InChI=1S/C13H20OS/c1-10-4-9-15-11(10)13(14)7-5-12(2,3)6-8-13/h4,9,14H,5-8H2,1-3H3. The normalized spacial score (nSPS) is 24.0. The maximum Gasteiger partial charge on any atom is 0.0990 e. The van der Waals surface area contributed by atoms with E-state index in [0.29, 0.717) is 5.41 Å². The van der Waals surface area contributed by atoms with Gasteiger partial charge < -0.3 is 5.11 Å². The lowest BCUT2D eigenvalue weighted by molar-refractivity contribution is -0.0280. The molecule has 1 heterocycles. The Kier molecular flexibility index (Phi) is 2.68. The molecule has 0 saturated heterocycles. The van der Waals surface area contributed by atoms with Crippen LogP contribution in [0.25, 0.3) is 0 Å². The van der Waals surface area contributed by atoms with E-state index in [0.717, 1.165) is 25.7 Å². The summed E-state index contributed by atoms with van der Waals surface area (Å²) in [5.74, 6) is 0. The van der Waals surface area contributed by atoms with E-state index in [4.69, 9.17) is 0 Å². The quantitative estimate of drug-likeness (QED) is 0.768. The van der Waals surface area contributed by atoms with Crippen LogP contribution in [0.3, 0.4) is 0 Å². The van der Waals surface area contributed by atoms with Gasteiger partial charge in [0.25, 0.3) is 0 Å². The molecule has 0 bridgehead atoms. The summed E-state index contributed by atoms with van der Waals surface area (Å²) < 4.78 is 0. The van der Waals surface area contributed by atoms with Crippen molar-refractivity contribution >= 4 is 11.3 Å². The van der Waals surface area contributed by atoms with Crippen molar-refractivity contribution in [2.45, 2.75) is 52.1 Å². The lowest BCUT2D eigenvalue weighted by Gasteiger charge is -2.40. The largest absolute Gasteiger partial charge is 0.384 e. The zero-order valence-corrected chi connectivity index (χ0v) is 10.7. The Balaban J connectivity index is 2.20. The minimum atomic E-state index is -0.534. The van der Waals surface area contributed by atoms with Crippen molar-refractivity contribution < 1.29 is 5.11 Å². The van der Waals surface area contributed by atoms with E-state index in [1.165, 1.54) is 10.4 Å². The predicted octanol–water partition coefficient (Wildman–Crippen LogP) is 3.84. The molecule has 2 rings (SSSR count). The van der Waals surface area contributed by atoms with Crippen LogP contribution in [0, 0.1) is 12.3 Å². The number of hydrogen-bond acceptors (Lipinski definition) is 2. The third-order valence-electron chi connectivity index (χ3n) is 3.72. The van der Waals surface area contributed by atoms with Crippen molar-refractivity contribution in [1.29, 1.82) is 0 Å². The van der Waals surface area contributed by atoms with Crippen LogP contribution in [0.2, 0.25) is 0 Å². The van der Waals surface area contributed by atoms with Gasteiger partial charge in [0.15, 0.2) is 0 Å². The van der Waals surface area contributed by atoms with Gasteiger partial charge in [-0.3, -0.25) is 0 Å². The molecule has 1 nitrogen and oxygen atoms in total. The van der Waals surface area contributed by atoms with Gasteiger partial charge in [-0.25, -0.2) is 0 Å². The second-order valence-electron chi connectivity index (χ2n) is 5.63. The van der Waals surface area contributed by atoms with Crippen molar-refractivity contribution in [3.05, 3.63) is 21.9 Å². The third-order valence-corrected chi connectivity index (χ3v) is 4.93. The summed E-state index contributed by atoms with van der Waals surface area (Å²) in [7, 11) is 0. The van der Waals surface area contributed by atoms with E-state index >= 15 is 0 Å². The smallest absolute Gasteiger partial charge is 0.0990 e. The van der Waals surface area contributed by atoms with Gasteiger partial charge in [-0.15, -0.1) is 11.3 Å². The van der Waals surface area contributed by atoms with E-state index in [-0.39, 0.29) is 0 Å². The molecule has 0 aliphatic heterocycles. The Labute approximate surface area is 96.1 Å². The maximum absolute atomic E-state index is 10.7. The van der Waals surface area contributed by atoms with Crippen molar-refractivity contribution in [2.24, 2.45) is 5.41 Å². The fraction of sp³-hybridized carbons (Fsp3) is 0.692. The number of thiophene rings is 1. The molecule has 0 unspecified atom stereocenters. The first-order chi connectivity index (χ1) is 6.93. The van der Waals surface area contributed by atoms with E-state index < -0.39 is 5.60 Å². The zero-order chi connectivity index (χ0) is 11.1. The molecule has 1 aromatic heterocycles. The number of aliphatic hydroxyl groups is 1. The van der Waals surface area contributed by atoms with Crippen LogP contribution in [0.4, 0.5) is 0 Å². The Hall–Kier alpha value is -0.340. The summed E-state index contributed by atoms with van der Waals surface area (Å²) in [6.45, 7) is 6.70. The molecule has 84 valence electrons. The topological polar surface area (TPSA) is 20.2 Å². The SMILES string of the molecule is Cc1ccsc1C1(O)CCC(C)(C)CC1. The second-order valence-corrected chi connectivity index (χ2v) is 6.54. The van der Waals surface area contributed by atoms with E-state index in [1.54, 1.807) is 11.3 Å². The molecule has 2 heteroatoms. The van der Waals surface area contributed by atoms with E-state index in [9.17, 15) is 5.11 Å². The number of rotatable bonds is 1. The molecule has 0 atom stereocenters. The molecule has 0 spiro atoms. The molecule has 0 amide bonds. The van der Waals surface area contributed by atoms with Crippen LogP contribution in [-0.4, -0.2) is 5.11 Å². The lowest BCUT2D eigenvalue weighted by Crippen LogP contribution is -2.34. The fourth-order valence-corrected chi connectivity index (χ4v) is 3.50. The highest BCUT2D eigenvalue weighted by Gasteiger charge is 2.39. The third kappa shape index (κ3) is 2.11. The van der Waals surface area contributed by atoms with Crippen molar-refractivity contribution in [3.8, 4) is 0 Å². The Morgan fingerprint density at radius 1 is 1.20 bits per heavy atom. The highest BCUT2D eigenvalue weighted by molar-refractivity contribution is 7.10. The fourth-order valence-electron chi connectivity index (χ4n) is 2.42. The van der Waals surface area contributed by atoms with Crippen molar-refractivity contribution in [2.75, 3.05) is 0 Å². The van der Waals surface area contributed by atoms with Gasteiger partial charge >= 0.3 is 0 Å². The second kappa shape index (κ2) is 3.60.